The molecule has 5 aromatic heterocycles. The van der Waals surface area contributed by atoms with E-state index in [4.69, 9.17) is 43.9 Å². The number of aryl methyl sites for hydroxylation is 2. The monoisotopic (exact) mass is 1420 g/mol. The van der Waals surface area contributed by atoms with Crippen molar-refractivity contribution in [2.45, 2.75) is 143 Å². The molecule has 0 spiro atoms. The zero-order valence-electron chi connectivity index (χ0n) is 61.1. The fraction of sp³-hybridized carbons (Fsp3) is 0.333. The van der Waals surface area contributed by atoms with E-state index in [9.17, 15) is 15.3 Å². The Kier molecular flexibility index (Phi) is 20.8. The van der Waals surface area contributed by atoms with Gasteiger partial charge in [-0.15, -0.1) is 0 Å². The second kappa shape index (κ2) is 29.8. The van der Waals surface area contributed by atoms with Crippen molar-refractivity contribution in [2.75, 3.05) is 33.0 Å². The average molecular weight is 1420 g/mol. The summed E-state index contributed by atoms with van der Waals surface area (Å²) in [7, 11) is -2.77. The number of fused-ring (bicyclic) bond motifs is 6. The van der Waals surface area contributed by atoms with Crippen molar-refractivity contribution in [1.29, 1.82) is 0 Å². The molecule has 1 fully saturated rings. The third kappa shape index (κ3) is 15.6. The van der Waals surface area contributed by atoms with Gasteiger partial charge in [-0.05, 0) is 196 Å². The van der Waals surface area contributed by atoms with Crippen LogP contribution >= 0.6 is 0 Å². The molecule has 2 aliphatic rings. The number of aliphatic imine (C=N–C) groups is 1. The number of aromatic amines is 4. The molecule has 532 valence electrons. The second-order valence-corrected chi connectivity index (χ2v) is 41.8. The first-order valence-corrected chi connectivity index (χ1v) is 43.2. The molecule has 8 N–H and O–H groups in total. The molecule has 2 aliphatic heterocycles. The SMILES string of the molecule is CC1(C)OB(c2ccc3c(c2)c(-c2nc4ccccc4[nH]2)nn3COCC[Si](C)(C)C)OC1(C)C.Cc1c(-c2ccc3[nH]nc(-c4nc5ccccc5[nH]4)c3c2)ccc(CCCO)c1O.Cc1c(-c2ccc3c(c2)C(c2nc4ccccc4[nH]2)=NC3COCC[Si](C)(C)C)ccc(CCCO)c1O. The van der Waals surface area contributed by atoms with Gasteiger partial charge in [-0.3, -0.25) is 10.1 Å². The van der Waals surface area contributed by atoms with E-state index >= 15 is 0 Å². The van der Waals surface area contributed by atoms with Crippen molar-refractivity contribution in [3.63, 3.8) is 0 Å². The van der Waals surface area contributed by atoms with E-state index in [-0.39, 0.29) is 19.3 Å². The molecule has 0 radical (unpaired) electrons. The second-order valence-electron chi connectivity index (χ2n) is 30.5. The van der Waals surface area contributed by atoms with Gasteiger partial charge >= 0.3 is 7.12 Å². The number of hydrogen-bond acceptors (Lipinski definition) is 14. The van der Waals surface area contributed by atoms with Crippen molar-refractivity contribution in [3.05, 3.63) is 191 Å². The Labute approximate surface area is 603 Å². The number of benzene rings is 8. The minimum Gasteiger partial charge on any atom is -0.507 e. The van der Waals surface area contributed by atoms with Crippen LogP contribution in [0.4, 0.5) is 0 Å². The number of rotatable bonds is 22. The lowest BCUT2D eigenvalue weighted by Crippen LogP contribution is -2.41. The molecule has 7 heterocycles. The Morgan fingerprint density at radius 1 is 0.544 bits per heavy atom. The van der Waals surface area contributed by atoms with Gasteiger partial charge in [0.1, 0.15) is 35.3 Å². The van der Waals surface area contributed by atoms with E-state index in [1.54, 1.807) is 0 Å². The molecule has 13 aromatic rings. The van der Waals surface area contributed by atoms with Crippen LogP contribution in [-0.4, -0.2) is 144 Å². The first-order chi connectivity index (χ1) is 49.3. The summed E-state index contributed by atoms with van der Waals surface area (Å²) in [4.78, 5) is 29.7. The molecule has 1 saturated heterocycles. The minimum atomic E-state index is -1.17. The topological polar surface area (TPSA) is 263 Å². The van der Waals surface area contributed by atoms with Crippen molar-refractivity contribution < 1.29 is 39.2 Å². The molecule has 1 atom stereocenters. The highest BCUT2D eigenvalue weighted by Gasteiger charge is 2.52. The molecule has 22 heteroatoms. The summed E-state index contributed by atoms with van der Waals surface area (Å²) in [6.07, 6.45) is 2.56. The number of phenolic OH excluding ortho intramolecular Hbond substituents is 2. The smallest absolute Gasteiger partial charge is 0.494 e. The van der Waals surface area contributed by atoms with Gasteiger partial charge in [-0.25, -0.2) is 19.6 Å². The van der Waals surface area contributed by atoms with E-state index in [0.29, 0.717) is 50.5 Å². The van der Waals surface area contributed by atoms with Crippen LogP contribution in [0.15, 0.2) is 157 Å². The largest absolute Gasteiger partial charge is 0.507 e. The molecule has 0 bridgehead atoms. The molecule has 0 aliphatic carbocycles. The van der Waals surface area contributed by atoms with Crippen LogP contribution in [-0.2, 0) is 38.4 Å². The molecular formula is C81H94BN11O8Si2. The van der Waals surface area contributed by atoms with Gasteiger partial charge in [0.05, 0.1) is 68.0 Å². The Bertz CT molecular complexity index is 5140. The number of aromatic hydroxyl groups is 2. The Morgan fingerprint density at radius 3 is 1.61 bits per heavy atom. The fourth-order valence-corrected chi connectivity index (χ4v) is 14.7. The zero-order valence-corrected chi connectivity index (χ0v) is 63.1. The summed E-state index contributed by atoms with van der Waals surface area (Å²) < 4.78 is 26.7. The number of H-pyrrole nitrogens is 4. The lowest BCUT2D eigenvalue weighted by atomic mass is 9.78. The predicted molar refractivity (Wildman–Crippen MR) is 420 cm³/mol. The van der Waals surface area contributed by atoms with Crippen LogP contribution in [0.1, 0.15) is 85.8 Å². The van der Waals surface area contributed by atoms with Gasteiger partial charge in [0, 0.05) is 58.9 Å². The number of imidazole rings is 3. The standard InChI is InChI=1S/C31H37N3O3Si.C26H35BN4O3Si.C24H22N4O2/c1-20-23(13-11-21(30(20)36)8-7-15-35)22-12-14-24-25(18-22)29(31-33-26-9-5-6-10-27(26)34-31)32-28(24)19-37-16-17-38(2,3)4;1-25(2)26(3,4)34-27(33-25)18-12-13-22-19(16-18)23(24-28-20-10-8-9-11-21(20)29-24)30-31(22)17-32-14-15-35(5,6)7;1-14-17(10-8-15(23(14)30)5-4-12-29)16-9-11-19-18(13-16)22(28-27-19)24-25-20-6-2-3-7-21(20)26-24/h5-6,9-14,18,28,35-36H,7-8,15-17,19H2,1-4H3,(H,33,34);8-13,16H,14-15,17H2,1-7H3,(H,28,29);2-3,6-11,13,29-30H,4-5,12H2,1H3,(H,25,26)(H,27,28). The number of ether oxygens (including phenoxy) is 2. The summed E-state index contributed by atoms with van der Waals surface area (Å²) in [6.45, 7) is 29.0. The summed E-state index contributed by atoms with van der Waals surface area (Å²) in [6, 6.07) is 52.9. The molecule has 8 aromatic carbocycles. The van der Waals surface area contributed by atoms with Gasteiger partial charge in [-0.2, -0.15) is 10.2 Å². The lowest BCUT2D eigenvalue weighted by molar-refractivity contribution is 0.00578. The number of aliphatic hydroxyl groups is 2. The van der Waals surface area contributed by atoms with Crippen LogP contribution in [0.5, 0.6) is 11.5 Å². The van der Waals surface area contributed by atoms with Crippen molar-refractivity contribution in [3.8, 4) is 56.8 Å². The maximum absolute atomic E-state index is 10.9. The summed E-state index contributed by atoms with van der Waals surface area (Å²) in [5.74, 6) is 2.82. The Morgan fingerprint density at radius 2 is 1.06 bits per heavy atom. The number of nitrogens with zero attached hydrogens (tertiary/aromatic N) is 7. The van der Waals surface area contributed by atoms with Crippen molar-refractivity contribution >= 4 is 89.3 Å². The van der Waals surface area contributed by atoms with Crippen LogP contribution in [0.25, 0.3) is 100 Å². The van der Waals surface area contributed by atoms with Crippen LogP contribution < -0.4 is 5.46 Å². The van der Waals surface area contributed by atoms with E-state index in [2.05, 4.69) is 146 Å². The quantitative estimate of drug-likeness (QED) is 0.0232. The third-order valence-electron chi connectivity index (χ3n) is 20.0. The molecule has 0 saturated carbocycles. The van der Waals surface area contributed by atoms with E-state index in [0.717, 1.165) is 176 Å². The van der Waals surface area contributed by atoms with Gasteiger partial charge in [0.25, 0.3) is 0 Å². The van der Waals surface area contributed by atoms with E-state index < -0.39 is 34.5 Å². The molecular weight excluding hydrogens is 1320 g/mol. The fourth-order valence-electron chi connectivity index (χ4n) is 13.2. The van der Waals surface area contributed by atoms with Crippen molar-refractivity contribution in [2.24, 2.45) is 4.99 Å². The van der Waals surface area contributed by atoms with E-state index in [1.807, 2.05) is 122 Å². The van der Waals surface area contributed by atoms with Crippen LogP contribution in [0, 0.1) is 13.8 Å². The first-order valence-electron chi connectivity index (χ1n) is 35.8. The third-order valence-corrected chi connectivity index (χ3v) is 23.4. The number of phenols is 2. The highest BCUT2D eigenvalue weighted by Crippen LogP contribution is 2.41. The van der Waals surface area contributed by atoms with Gasteiger partial charge in [-0.1, -0.05) is 130 Å². The number of para-hydroxylation sites is 6. The maximum Gasteiger partial charge on any atom is 0.494 e. The maximum atomic E-state index is 10.9. The summed E-state index contributed by atoms with van der Waals surface area (Å²) in [5.41, 5.74) is 19.7. The highest BCUT2D eigenvalue weighted by molar-refractivity contribution is 6.76. The normalized spacial score (nSPS) is 15.0. The molecule has 1 unspecified atom stereocenters. The zero-order chi connectivity index (χ0) is 72.5. The van der Waals surface area contributed by atoms with Gasteiger partial charge in [0.2, 0.25) is 0 Å². The number of aliphatic hydroxyl groups excluding tert-OH is 2. The number of nitrogens with one attached hydrogen (secondary N) is 4. The average Bonchev–Trinajstić information content (AvgIpc) is 1.60. The highest BCUT2D eigenvalue weighted by atomic mass is 28.3. The number of hydrogen-bond donors (Lipinski definition) is 8. The summed E-state index contributed by atoms with van der Waals surface area (Å²) in [5, 5.41) is 54.2. The Hall–Kier alpha value is -9.36. The van der Waals surface area contributed by atoms with Crippen molar-refractivity contribution in [1.82, 2.24) is 49.9 Å². The molecule has 19 nitrogen and oxygen atoms in total. The Balaban J connectivity index is 0.000000138. The van der Waals surface area contributed by atoms with Crippen LogP contribution in [0.3, 0.4) is 0 Å². The van der Waals surface area contributed by atoms with E-state index in [1.165, 1.54) is 0 Å². The van der Waals surface area contributed by atoms with Gasteiger partial charge < -0.3 is 54.2 Å². The summed E-state index contributed by atoms with van der Waals surface area (Å²) >= 11 is 0. The molecule has 0 amide bonds. The first kappa shape index (κ1) is 72.0. The minimum absolute atomic E-state index is 0.0840. The molecule has 103 heavy (non-hydrogen) atoms. The molecule has 15 rings (SSSR count). The number of aromatic nitrogens is 10. The predicted octanol–water partition coefficient (Wildman–Crippen LogP) is 16.3. The lowest BCUT2D eigenvalue weighted by Gasteiger charge is -2.32. The van der Waals surface area contributed by atoms with Crippen LogP contribution in [0.2, 0.25) is 51.4 Å². The van der Waals surface area contributed by atoms with Gasteiger partial charge in [0.15, 0.2) is 17.5 Å².